The molecular formula is C20H26N2O. The van der Waals surface area contributed by atoms with Crippen molar-refractivity contribution in [3.8, 4) is 0 Å². The molecule has 0 saturated heterocycles. The van der Waals surface area contributed by atoms with E-state index in [1.165, 1.54) is 0 Å². The molecule has 0 aromatic heterocycles. The lowest BCUT2D eigenvalue weighted by molar-refractivity contribution is -0.120. The van der Waals surface area contributed by atoms with Crippen LogP contribution < -0.4 is 10.6 Å². The Kier molecular flexibility index (Phi) is 6.67. The molecule has 2 N–H and O–H groups in total. The van der Waals surface area contributed by atoms with Crippen LogP contribution in [0, 0.1) is 5.92 Å². The Balaban J connectivity index is 1.92. The van der Waals surface area contributed by atoms with Gasteiger partial charge < -0.3 is 10.6 Å². The second-order valence-corrected chi connectivity index (χ2v) is 5.81. The van der Waals surface area contributed by atoms with Crippen LogP contribution in [0.3, 0.4) is 0 Å². The van der Waals surface area contributed by atoms with Crippen LogP contribution in [0.2, 0.25) is 0 Å². The van der Waals surface area contributed by atoms with Crippen molar-refractivity contribution < 1.29 is 4.79 Å². The molecule has 23 heavy (non-hydrogen) atoms. The van der Waals surface area contributed by atoms with Crippen LogP contribution in [-0.2, 0) is 4.79 Å². The monoisotopic (exact) mass is 310 g/mol. The highest BCUT2D eigenvalue weighted by molar-refractivity contribution is 5.92. The van der Waals surface area contributed by atoms with Crippen LogP contribution in [0.15, 0.2) is 54.6 Å². The number of rotatable bonds is 8. The van der Waals surface area contributed by atoms with Gasteiger partial charge in [-0.25, -0.2) is 0 Å². The second-order valence-electron chi connectivity index (χ2n) is 5.81. The summed E-state index contributed by atoms with van der Waals surface area (Å²) >= 11 is 0. The van der Waals surface area contributed by atoms with Crippen molar-refractivity contribution in [1.82, 2.24) is 0 Å². The molecule has 2 rings (SSSR count). The van der Waals surface area contributed by atoms with Crippen LogP contribution in [0.25, 0.3) is 0 Å². The lowest BCUT2D eigenvalue weighted by Gasteiger charge is -2.15. The van der Waals surface area contributed by atoms with E-state index in [2.05, 4.69) is 24.5 Å². The minimum absolute atomic E-state index is 0.108. The highest BCUT2D eigenvalue weighted by Crippen LogP contribution is 2.20. The Bertz CT molecular complexity index is 593. The number of benzene rings is 2. The van der Waals surface area contributed by atoms with Crippen LogP contribution in [0.5, 0.6) is 0 Å². The molecule has 0 spiro atoms. The van der Waals surface area contributed by atoms with Crippen LogP contribution in [-0.4, -0.2) is 5.91 Å². The normalized spacial score (nSPS) is 11.7. The van der Waals surface area contributed by atoms with Gasteiger partial charge in [0.2, 0.25) is 5.91 Å². The summed E-state index contributed by atoms with van der Waals surface area (Å²) in [4.78, 5) is 12.3. The number of hydrogen-bond donors (Lipinski definition) is 2. The van der Waals surface area contributed by atoms with Crippen LogP contribution >= 0.6 is 0 Å². The zero-order valence-electron chi connectivity index (χ0n) is 14.0. The van der Waals surface area contributed by atoms with Gasteiger partial charge in [0.25, 0.3) is 0 Å². The maximum Gasteiger partial charge on any atom is 0.227 e. The molecule has 0 bridgehead atoms. The average Bonchev–Trinajstić information content (AvgIpc) is 2.58. The highest BCUT2D eigenvalue weighted by atomic mass is 16.1. The molecule has 0 radical (unpaired) electrons. The summed E-state index contributed by atoms with van der Waals surface area (Å²) in [7, 11) is 0. The summed E-state index contributed by atoms with van der Waals surface area (Å²) in [5, 5.41) is 6.36. The third-order valence-corrected chi connectivity index (χ3v) is 3.98. The number of carbonyl (C=O) groups excluding carboxylic acids is 1. The molecule has 2 aromatic carbocycles. The predicted molar refractivity (Wildman–Crippen MR) is 98.1 cm³/mol. The fraction of sp³-hybridized carbons (Fsp3) is 0.350. The van der Waals surface area contributed by atoms with E-state index in [0.29, 0.717) is 0 Å². The third kappa shape index (κ3) is 5.44. The topological polar surface area (TPSA) is 41.1 Å². The molecule has 0 heterocycles. The van der Waals surface area contributed by atoms with Crippen LogP contribution in [0.1, 0.15) is 39.5 Å². The standard InChI is InChI=1S/C20H26N2O/c1-3-5-9-16(4-2)20(23)22-19-14-12-18(13-15-19)21-17-10-7-6-8-11-17/h6-8,10-16,21H,3-5,9H2,1-2H3,(H,22,23)/t16-/m1/s1. The summed E-state index contributed by atoms with van der Waals surface area (Å²) in [6.07, 6.45) is 4.08. The molecule has 3 nitrogen and oxygen atoms in total. The Hall–Kier alpha value is -2.29. The number of para-hydroxylation sites is 1. The highest BCUT2D eigenvalue weighted by Gasteiger charge is 2.15. The first-order chi connectivity index (χ1) is 11.2. The van der Waals surface area contributed by atoms with Gasteiger partial charge in [-0.05, 0) is 49.2 Å². The van der Waals surface area contributed by atoms with Crippen molar-refractivity contribution in [2.45, 2.75) is 39.5 Å². The number of hydrogen-bond acceptors (Lipinski definition) is 2. The smallest absolute Gasteiger partial charge is 0.227 e. The van der Waals surface area contributed by atoms with E-state index in [9.17, 15) is 4.79 Å². The van der Waals surface area contributed by atoms with Crippen molar-refractivity contribution in [2.75, 3.05) is 10.6 Å². The molecular weight excluding hydrogens is 284 g/mol. The van der Waals surface area contributed by atoms with Gasteiger partial charge in [0.15, 0.2) is 0 Å². The number of amides is 1. The Morgan fingerprint density at radius 1 is 0.913 bits per heavy atom. The molecule has 0 saturated carbocycles. The average molecular weight is 310 g/mol. The fourth-order valence-electron chi connectivity index (χ4n) is 2.54. The Morgan fingerprint density at radius 3 is 2.13 bits per heavy atom. The van der Waals surface area contributed by atoms with Gasteiger partial charge in [-0.2, -0.15) is 0 Å². The van der Waals surface area contributed by atoms with E-state index in [4.69, 9.17) is 0 Å². The molecule has 122 valence electrons. The third-order valence-electron chi connectivity index (χ3n) is 3.98. The second kappa shape index (κ2) is 8.99. The Labute approximate surface area is 139 Å². The van der Waals surface area contributed by atoms with Crippen molar-refractivity contribution >= 4 is 23.0 Å². The molecule has 0 unspecified atom stereocenters. The predicted octanol–water partition coefficient (Wildman–Crippen LogP) is 5.59. The number of unbranched alkanes of at least 4 members (excludes halogenated alkanes) is 1. The van der Waals surface area contributed by atoms with Gasteiger partial charge in [0.05, 0.1) is 0 Å². The first-order valence-electron chi connectivity index (χ1n) is 8.46. The number of carbonyl (C=O) groups is 1. The van der Waals surface area contributed by atoms with Crippen molar-refractivity contribution in [3.05, 3.63) is 54.6 Å². The lowest BCUT2D eigenvalue weighted by Crippen LogP contribution is -2.22. The molecule has 3 heteroatoms. The van der Waals surface area contributed by atoms with Gasteiger partial charge in [-0.3, -0.25) is 4.79 Å². The van der Waals surface area contributed by atoms with Gasteiger partial charge >= 0.3 is 0 Å². The first kappa shape index (κ1) is 17.1. The van der Waals surface area contributed by atoms with Gasteiger partial charge in [-0.15, -0.1) is 0 Å². The minimum Gasteiger partial charge on any atom is -0.356 e. The molecule has 0 aliphatic carbocycles. The Morgan fingerprint density at radius 2 is 1.52 bits per heavy atom. The van der Waals surface area contributed by atoms with Gasteiger partial charge in [0, 0.05) is 23.0 Å². The van der Waals surface area contributed by atoms with E-state index < -0.39 is 0 Å². The summed E-state index contributed by atoms with van der Waals surface area (Å²) in [5.74, 6) is 0.238. The zero-order valence-corrected chi connectivity index (χ0v) is 14.0. The first-order valence-corrected chi connectivity index (χ1v) is 8.46. The largest absolute Gasteiger partial charge is 0.356 e. The van der Waals surface area contributed by atoms with Gasteiger partial charge in [0.1, 0.15) is 0 Å². The molecule has 1 atom stereocenters. The van der Waals surface area contributed by atoms with E-state index in [0.717, 1.165) is 42.7 Å². The quantitative estimate of drug-likeness (QED) is 0.667. The fourth-order valence-corrected chi connectivity index (χ4v) is 2.54. The summed E-state index contributed by atoms with van der Waals surface area (Å²) in [6.45, 7) is 4.23. The summed E-state index contributed by atoms with van der Waals surface area (Å²) < 4.78 is 0. The molecule has 1 amide bonds. The molecule has 2 aromatic rings. The van der Waals surface area contributed by atoms with Crippen molar-refractivity contribution in [3.63, 3.8) is 0 Å². The zero-order chi connectivity index (χ0) is 16.5. The van der Waals surface area contributed by atoms with Crippen molar-refractivity contribution in [2.24, 2.45) is 5.92 Å². The molecule has 0 aliphatic heterocycles. The van der Waals surface area contributed by atoms with Crippen molar-refractivity contribution in [1.29, 1.82) is 0 Å². The minimum atomic E-state index is 0.108. The maximum absolute atomic E-state index is 12.3. The van der Waals surface area contributed by atoms with E-state index in [1.807, 2.05) is 54.6 Å². The number of nitrogens with one attached hydrogen (secondary N) is 2. The van der Waals surface area contributed by atoms with E-state index >= 15 is 0 Å². The maximum atomic E-state index is 12.3. The van der Waals surface area contributed by atoms with Crippen LogP contribution in [0.4, 0.5) is 17.1 Å². The molecule has 0 aliphatic rings. The van der Waals surface area contributed by atoms with Gasteiger partial charge in [-0.1, -0.05) is 44.9 Å². The summed E-state index contributed by atoms with van der Waals surface area (Å²) in [5.41, 5.74) is 2.91. The number of anilines is 3. The SMILES string of the molecule is CCCC[C@@H](CC)C(=O)Nc1ccc(Nc2ccccc2)cc1. The molecule has 0 fully saturated rings. The summed E-state index contributed by atoms with van der Waals surface area (Å²) in [6, 6.07) is 17.9. The lowest BCUT2D eigenvalue weighted by atomic mass is 9.98. The van der Waals surface area contributed by atoms with E-state index in [1.54, 1.807) is 0 Å². The van der Waals surface area contributed by atoms with E-state index in [-0.39, 0.29) is 11.8 Å².